The van der Waals surface area contributed by atoms with Gasteiger partial charge < -0.3 is 30.3 Å². The van der Waals surface area contributed by atoms with Crippen molar-refractivity contribution in [2.45, 2.75) is 115 Å². The minimum absolute atomic E-state index is 0.0336. The lowest BCUT2D eigenvalue weighted by atomic mass is 10.0. The monoisotopic (exact) mass is 765 g/mol. The summed E-state index contributed by atoms with van der Waals surface area (Å²) in [5, 5.41) is 9.31. The van der Waals surface area contributed by atoms with Crippen LogP contribution in [0.3, 0.4) is 0 Å². The summed E-state index contributed by atoms with van der Waals surface area (Å²) in [6, 6.07) is 9.93. The molecule has 5 atom stereocenters. The van der Waals surface area contributed by atoms with E-state index in [0.717, 1.165) is 24.8 Å². The molecule has 1 saturated heterocycles. The van der Waals surface area contributed by atoms with E-state index in [2.05, 4.69) is 16.0 Å². The van der Waals surface area contributed by atoms with Gasteiger partial charge in [0.2, 0.25) is 17.7 Å². The fourth-order valence-corrected chi connectivity index (χ4v) is 7.73. The lowest BCUT2D eigenvalue weighted by molar-refractivity contribution is -0.141. The fraction of sp³-hybridized carbons (Fsp3) is 0.525. The van der Waals surface area contributed by atoms with Crippen molar-refractivity contribution in [3.63, 3.8) is 0 Å². The molecule has 2 aromatic rings. The van der Waals surface area contributed by atoms with Crippen molar-refractivity contribution in [1.29, 1.82) is 0 Å². The second-order valence-corrected chi connectivity index (χ2v) is 16.1. The molecule has 0 aromatic heterocycles. The highest BCUT2D eigenvalue weighted by Crippen LogP contribution is 2.45. The van der Waals surface area contributed by atoms with Gasteiger partial charge in [-0.25, -0.2) is 14.0 Å². The highest BCUT2D eigenvalue weighted by molar-refractivity contribution is 6.30. The third-order valence-electron chi connectivity index (χ3n) is 10.4. The first-order chi connectivity index (χ1) is 25.7. The Bertz CT molecular complexity index is 1800. The van der Waals surface area contributed by atoms with Crippen molar-refractivity contribution < 1.29 is 37.8 Å². The molecular formula is C40H49ClFN5O7. The zero-order valence-electron chi connectivity index (χ0n) is 31.0. The first-order valence-electron chi connectivity index (χ1n) is 18.8. The molecule has 0 spiro atoms. The Kier molecular flexibility index (Phi) is 11.8. The van der Waals surface area contributed by atoms with Gasteiger partial charge in [-0.2, -0.15) is 0 Å². The summed E-state index contributed by atoms with van der Waals surface area (Å²) in [7, 11) is 0. The van der Waals surface area contributed by atoms with Crippen LogP contribution in [0, 0.1) is 11.7 Å². The third kappa shape index (κ3) is 9.34. The molecule has 4 aliphatic rings. The molecule has 3 aliphatic heterocycles. The highest BCUT2D eigenvalue weighted by atomic mass is 35.5. The van der Waals surface area contributed by atoms with Crippen LogP contribution >= 0.6 is 11.6 Å². The van der Waals surface area contributed by atoms with E-state index in [0.29, 0.717) is 48.4 Å². The van der Waals surface area contributed by atoms with Crippen molar-refractivity contribution in [2.24, 2.45) is 5.92 Å². The first kappa shape index (κ1) is 39.1. The van der Waals surface area contributed by atoms with Crippen molar-refractivity contribution in [3.8, 4) is 0 Å². The molecule has 0 radical (unpaired) electrons. The Morgan fingerprint density at radius 1 is 1.07 bits per heavy atom. The Hall–Kier alpha value is -4.65. The number of hydrogen-bond donors (Lipinski definition) is 3. The molecule has 5 amide bonds. The van der Waals surface area contributed by atoms with Crippen LogP contribution in [0.2, 0.25) is 5.02 Å². The molecule has 2 aromatic carbocycles. The molecule has 2 fully saturated rings. The molecule has 1 aliphatic carbocycles. The number of benzene rings is 2. The molecule has 3 heterocycles. The van der Waals surface area contributed by atoms with Gasteiger partial charge in [0.05, 0.1) is 13.1 Å². The average Bonchev–Trinajstić information content (AvgIpc) is 3.40. The Labute approximate surface area is 320 Å². The summed E-state index contributed by atoms with van der Waals surface area (Å²) >= 11 is 6.14. The number of rotatable bonds is 6. The van der Waals surface area contributed by atoms with Crippen molar-refractivity contribution >= 4 is 41.5 Å². The lowest BCUT2D eigenvalue weighted by Gasteiger charge is -2.30. The summed E-state index contributed by atoms with van der Waals surface area (Å²) < 4.78 is 25.8. The number of carbonyl (C=O) groups is 5. The van der Waals surface area contributed by atoms with Gasteiger partial charge in [0.15, 0.2) is 0 Å². The molecule has 4 unspecified atom stereocenters. The minimum Gasteiger partial charge on any atom is -0.444 e. The van der Waals surface area contributed by atoms with Crippen LogP contribution in [0.4, 0.5) is 14.0 Å². The van der Waals surface area contributed by atoms with E-state index in [1.165, 1.54) is 15.9 Å². The number of carbonyl (C=O) groups excluding carboxylic acids is 5. The highest BCUT2D eigenvalue weighted by Gasteiger charge is 2.61. The van der Waals surface area contributed by atoms with Crippen LogP contribution in [0.25, 0.3) is 0 Å². The minimum atomic E-state index is -1.23. The molecule has 290 valence electrons. The molecule has 3 N–H and O–H groups in total. The van der Waals surface area contributed by atoms with Gasteiger partial charge in [0.1, 0.15) is 35.1 Å². The predicted molar refractivity (Wildman–Crippen MR) is 199 cm³/mol. The number of fused-ring (bicyclic) bond motifs is 3. The molecule has 14 heteroatoms. The van der Waals surface area contributed by atoms with Crippen LogP contribution in [0.5, 0.6) is 0 Å². The maximum atomic E-state index is 14.5. The smallest absolute Gasteiger partial charge is 0.410 e. The predicted octanol–water partition coefficient (Wildman–Crippen LogP) is 5.55. The van der Waals surface area contributed by atoms with Crippen molar-refractivity contribution in [2.75, 3.05) is 13.1 Å². The SMILES string of the molecule is CC(C)(C)OC(=O)NC1CCCCC/C=C\C2CC2(C(=O)NCCc2cccc(Cl)c2)NC(=O)[C@@H]2CC(OC(=O)N3Cc4cccc(F)c4C3)CN2C1=O. The molecular weight excluding hydrogens is 717 g/mol. The normalized spacial score (nSPS) is 26.2. The summed E-state index contributed by atoms with van der Waals surface area (Å²) in [5.41, 5.74) is 0.0166. The second kappa shape index (κ2) is 16.4. The van der Waals surface area contributed by atoms with E-state index in [-0.39, 0.29) is 37.9 Å². The van der Waals surface area contributed by atoms with Crippen LogP contribution in [-0.4, -0.2) is 82.1 Å². The van der Waals surface area contributed by atoms with Crippen LogP contribution in [0.15, 0.2) is 54.6 Å². The maximum Gasteiger partial charge on any atom is 0.410 e. The lowest BCUT2D eigenvalue weighted by Crippen LogP contribution is -2.58. The fourth-order valence-electron chi connectivity index (χ4n) is 7.51. The first-order valence-corrected chi connectivity index (χ1v) is 19.1. The van der Waals surface area contributed by atoms with E-state index in [1.54, 1.807) is 39.0 Å². The molecule has 54 heavy (non-hydrogen) atoms. The van der Waals surface area contributed by atoms with Gasteiger partial charge in [-0.1, -0.05) is 60.9 Å². The number of nitrogens with one attached hydrogen (secondary N) is 3. The number of halogens is 2. The summed E-state index contributed by atoms with van der Waals surface area (Å²) in [6.07, 6.45) is 5.83. The van der Waals surface area contributed by atoms with E-state index >= 15 is 0 Å². The van der Waals surface area contributed by atoms with Gasteiger partial charge >= 0.3 is 12.2 Å². The number of allylic oxidation sites excluding steroid dienone is 1. The number of nitrogens with zero attached hydrogens (tertiary/aromatic N) is 2. The van der Waals surface area contributed by atoms with E-state index < -0.39 is 59.1 Å². The van der Waals surface area contributed by atoms with Crippen LogP contribution in [-0.2, 0) is 43.4 Å². The van der Waals surface area contributed by atoms with Gasteiger partial charge in [-0.05, 0) is 82.2 Å². The third-order valence-corrected chi connectivity index (χ3v) is 10.6. The van der Waals surface area contributed by atoms with Crippen LogP contribution in [0.1, 0.15) is 82.4 Å². The van der Waals surface area contributed by atoms with E-state index in [4.69, 9.17) is 21.1 Å². The Morgan fingerprint density at radius 3 is 2.63 bits per heavy atom. The summed E-state index contributed by atoms with van der Waals surface area (Å²) in [6.45, 7) is 5.57. The van der Waals surface area contributed by atoms with E-state index in [9.17, 15) is 28.4 Å². The molecule has 0 bridgehead atoms. The maximum absolute atomic E-state index is 14.5. The van der Waals surface area contributed by atoms with Crippen molar-refractivity contribution in [1.82, 2.24) is 25.8 Å². The Morgan fingerprint density at radius 2 is 1.87 bits per heavy atom. The summed E-state index contributed by atoms with van der Waals surface area (Å²) in [5.74, 6) is -2.08. The Balaban J connectivity index is 1.22. The second-order valence-electron chi connectivity index (χ2n) is 15.7. The van der Waals surface area contributed by atoms with E-state index in [1.807, 2.05) is 30.4 Å². The molecule has 1 saturated carbocycles. The number of hydrogen-bond acceptors (Lipinski definition) is 7. The largest absolute Gasteiger partial charge is 0.444 e. The zero-order chi connectivity index (χ0) is 38.6. The molecule has 6 rings (SSSR count). The topological polar surface area (TPSA) is 146 Å². The number of amides is 5. The van der Waals surface area contributed by atoms with Gasteiger partial charge in [-0.3, -0.25) is 19.3 Å². The molecule has 12 nitrogen and oxygen atoms in total. The quantitative estimate of drug-likeness (QED) is 0.327. The number of alkyl carbamates (subject to hydrolysis) is 1. The van der Waals surface area contributed by atoms with Gasteiger partial charge in [0, 0.05) is 36.0 Å². The van der Waals surface area contributed by atoms with Gasteiger partial charge in [-0.15, -0.1) is 0 Å². The average molecular weight is 766 g/mol. The van der Waals surface area contributed by atoms with Crippen molar-refractivity contribution in [3.05, 3.63) is 82.1 Å². The number of ether oxygens (including phenoxy) is 2. The van der Waals surface area contributed by atoms with Crippen LogP contribution < -0.4 is 16.0 Å². The van der Waals surface area contributed by atoms with Gasteiger partial charge in [0.25, 0.3) is 0 Å². The zero-order valence-corrected chi connectivity index (χ0v) is 31.8. The standard InChI is InChI=1S/C40H49ClFN5O7/c1-39(2,3)54-37(51)44-32-16-8-6-4-5-7-13-27-21-40(27,36(50)43-18-17-25-11-9-14-28(41)19-25)45-34(48)33-20-29(23-47(33)35(32)49)53-38(52)46-22-26-12-10-15-31(42)30(26)24-46/h7,9-15,19,27,29,32-33H,4-6,8,16-18,20-24H2,1-3H3,(H,43,50)(H,44,51)(H,45,48)/b13-7-/t27?,29?,32?,33-,40?/m0/s1. The summed E-state index contributed by atoms with van der Waals surface area (Å²) in [4.78, 5) is 71.6.